The number of aromatic carboxylic acids is 1. The van der Waals surface area contributed by atoms with Gasteiger partial charge in [-0.3, -0.25) is 4.79 Å². The summed E-state index contributed by atoms with van der Waals surface area (Å²) in [6.45, 7) is 0.373. The first-order chi connectivity index (χ1) is 16.7. The third-order valence-corrected chi connectivity index (χ3v) is 5.80. The number of fused-ring (bicyclic) bond motifs is 1. The van der Waals surface area contributed by atoms with Crippen LogP contribution in [-0.4, -0.2) is 28.1 Å². The smallest absolute Gasteiger partial charge is 0.416 e. The highest BCUT2D eigenvalue weighted by atomic mass is 19.4. The fraction of sp³-hybridized carbons (Fsp3) is 0.185. The highest BCUT2D eigenvalue weighted by Gasteiger charge is 2.30. The van der Waals surface area contributed by atoms with Crippen molar-refractivity contribution in [3.05, 3.63) is 101 Å². The number of hydrogen-bond acceptors (Lipinski definition) is 2. The van der Waals surface area contributed by atoms with Crippen LogP contribution in [0.4, 0.5) is 13.2 Å². The van der Waals surface area contributed by atoms with Crippen LogP contribution >= 0.6 is 0 Å². The normalized spacial score (nSPS) is 11.5. The molecule has 4 rings (SSSR count). The van der Waals surface area contributed by atoms with Crippen molar-refractivity contribution in [1.29, 1.82) is 0 Å². The van der Waals surface area contributed by atoms with Crippen LogP contribution < -0.4 is 5.32 Å². The van der Waals surface area contributed by atoms with Crippen LogP contribution in [0.5, 0.6) is 0 Å². The Labute approximate surface area is 199 Å². The van der Waals surface area contributed by atoms with Crippen molar-refractivity contribution in [2.75, 3.05) is 6.54 Å². The maximum Gasteiger partial charge on any atom is 0.416 e. The van der Waals surface area contributed by atoms with Crippen molar-refractivity contribution >= 4 is 22.8 Å². The predicted octanol–water partition coefficient (Wildman–Crippen LogP) is 6.10. The molecule has 8 heteroatoms. The Morgan fingerprint density at radius 3 is 2.23 bits per heavy atom. The van der Waals surface area contributed by atoms with Crippen molar-refractivity contribution in [2.24, 2.45) is 0 Å². The van der Waals surface area contributed by atoms with Gasteiger partial charge in [-0.25, -0.2) is 4.79 Å². The second-order valence-electron chi connectivity index (χ2n) is 8.19. The molecule has 0 aliphatic carbocycles. The SMILES string of the molecule is O=C(O)c1ccc2c(c1)c(CCCCNC(=O)c1ccc(C(F)(F)F)cc1)cn2-c1ccccc1. The third-order valence-electron chi connectivity index (χ3n) is 5.80. The molecule has 0 radical (unpaired) electrons. The van der Waals surface area contributed by atoms with E-state index in [1.807, 2.05) is 41.1 Å². The number of unbranched alkanes of at least 4 members (excludes halogenated alkanes) is 1. The number of nitrogens with one attached hydrogen (secondary N) is 1. The fourth-order valence-electron chi connectivity index (χ4n) is 3.99. The van der Waals surface area contributed by atoms with E-state index in [-0.39, 0.29) is 11.1 Å². The van der Waals surface area contributed by atoms with Crippen LogP contribution in [0.15, 0.2) is 79.0 Å². The maximum atomic E-state index is 12.7. The minimum absolute atomic E-state index is 0.171. The Morgan fingerprint density at radius 2 is 1.57 bits per heavy atom. The number of carbonyl (C=O) groups excluding carboxylic acids is 1. The fourth-order valence-corrected chi connectivity index (χ4v) is 3.99. The topological polar surface area (TPSA) is 71.3 Å². The van der Waals surface area contributed by atoms with Crippen LogP contribution in [-0.2, 0) is 12.6 Å². The van der Waals surface area contributed by atoms with E-state index in [9.17, 15) is 27.9 Å². The molecule has 0 aliphatic rings. The monoisotopic (exact) mass is 480 g/mol. The number of aromatic nitrogens is 1. The Hall–Kier alpha value is -4.07. The van der Waals surface area contributed by atoms with E-state index in [0.717, 1.165) is 52.8 Å². The van der Waals surface area contributed by atoms with Crippen LogP contribution in [0.2, 0.25) is 0 Å². The summed E-state index contributed by atoms with van der Waals surface area (Å²) < 4.78 is 40.1. The van der Waals surface area contributed by atoms with Crippen LogP contribution in [0.25, 0.3) is 16.6 Å². The summed E-state index contributed by atoms with van der Waals surface area (Å²) in [4.78, 5) is 23.7. The lowest BCUT2D eigenvalue weighted by Gasteiger charge is -2.08. The summed E-state index contributed by atoms with van der Waals surface area (Å²) in [5.74, 6) is -1.42. The zero-order valence-electron chi connectivity index (χ0n) is 18.7. The van der Waals surface area contributed by atoms with Crippen molar-refractivity contribution in [1.82, 2.24) is 9.88 Å². The van der Waals surface area contributed by atoms with E-state index < -0.39 is 23.6 Å². The number of carboxylic acid groups (broad SMARTS) is 1. The number of carboxylic acids is 1. The van der Waals surface area contributed by atoms with Gasteiger partial charge >= 0.3 is 12.1 Å². The number of halogens is 3. The van der Waals surface area contributed by atoms with Gasteiger partial charge in [0.1, 0.15) is 0 Å². The molecule has 0 bridgehead atoms. The number of rotatable bonds is 8. The van der Waals surface area contributed by atoms with Crippen molar-refractivity contribution < 1.29 is 27.9 Å². The number of aryl methyl sites for hydroxylation is 1. The maximum absolute atomic E-state index is 12.7. The van der Waals surface area contributed by atoms with Crippen LogP contribution in [0.3, 0.4) is 0 Å². The van der Waals surface area contributed by atoms with Gasteiger partial charge in [0, 0.05) is 29.4 Å². The average Bonchev–Trinajstić information content (AvgIpc) is 3.21. The first-order valence-electron chi connectivity index (χ1n) is 11.1. The van der Waals surface area contributed by atoms with Gasteiger partial charge in [0.25, 0.3) is 5.91 Å². The lowest BCUT2D eigenvalue weighted by atomic mass is 10.0. The summed E-state index contributed by atoms with van der Waals surface area (Å²) in [7, 11) is 0. The molecule has 0 saturated carbocycles. The molecule has 1 heterocycles. The summed E-state index contributed by atoms with van der Waals surface area (Å²) in [5, 5.41) is 13.0. The molecule has 3 aromatic carbocycles. The first kappa shape index (κ1) is 24.1. The standard InChI is InChI=1S/C27H23F3N2O3/c28-27(29,30)21-12-9-18(10-13-21)25(33)31-15-5-4-6-20-17-32(22-7-2-1-3-8-22)24-14-11-19(26(34)35)16-23(20)24/h1-3,7-14,16-17H,4-6,15H2,(H,31,33)(H,34,35). The Bertz CT molecular complexity index is 1340. The lowest BCUT2D eigenvalue weighted by Crippen LogP contribution is -2.24. The molecule has 0 atom stereocenters. The van der Waals surface area contributed by atoms with Gasteiger partial charge in [-0.15, -0.1) is 0 Å². The molecular weight excluding hydrogens is 457 g/mol. The molecule has 2 N–H and O–H groups in total. The van der Waals surface area contributed by atoms with Crippen molar-refractivity contribution in [2.45, 2.75) is 25.4 Å². The summed E-state index contributed by atoms with van der Waals surface area (Å²) in [6, 6.07) is 18.9. The Kier molecular flexibility index (Phi) is 6.91. The number of hydrogen-bond donors (Lipinski definition) is 2. The number of benzene rings is 3. The summed E-state index contributed by atoms with van der Waals surface area (Å²) in [6.07, 6.45) is -0.368. The van der Waals surface area contributed by atoms with E-state index in [1.54, 1.807) is 18.2 Å². The number of alkyl halides is 3. The molecule has 0 fully saturated rings. The lowest BCUT2D eigenvalue weighted by molar-refractivity contribution is -0.137. The van der Waals surface area contributed by atoms with Gasteiger partial charge in [0.15, 0.2) is 0 Å². The van der Waals surface area contributed by atoms with Gasteiger partial charge in [-0.05, 0) is 79.4 Å². The highest BCUT2D eigenvalue weighted by Crippen LogP contribution is 2.29. The summed E-state index contributed by atoms with van der Waals surface area (Å²) >= 11 is 0. The second kappa shape index (κ2) is 10.0. The molecule has 180 valence electrons. The van der Waals surface area contributed by atoms with E-state index in [2.05, 4.69) is 5.32 Å². The number of amides is 1. The Balaban J connectivity index is 1.40. The van der Waals surface area contributed by atoms with E-state index >= 15 is 0 Å². The predicted molar refractivity (Wildman–Crippen MR) is 127 cm³/mol. The molecule has 0 spiro atoms. The number of carbonyl (C=O) groups is 2. The molecule has 0 saturated heterocycles. The number of nitrogens with zero attached hydrogens (tertiary/aromatic N) is 1. The zero-order valence-corrected chi connectivity index (χ0v) is 18.7. The molecule has 1 amide bonds. The average molecular weight is 480 g/mol. The molecule has 1 aromatic heterocycles. The van der Waals surface area contributed by atoms with Crippen LogP contribution in [0, 0.1) is 0 Å². The summed E-state index contributed by atoms with van der Waals surface area (Å²) in [5.41, 5.74) is 2.47. The van der Waals surface area contributed by atoms with Crippen LogP contribution in [0.1, 0.15) is 44.7 Å². The molecule has 4 aromatic rings. The van der Waals surface area contributed by atoms with E-state index in [4.69, 9.17) is 0 Å². The highest BCUT2D eigenvalue weighted by molar-refractivity contribution is 5.95. The minimum Gasteiger partial charge on any atom is -0.478 e. The van der Waals surface area contributed by atoms with E-state index in [0.29, 0.717) is 19.4 Å². The van der Waals surface area contributed by atoms with E-state index in [1.165, 1.54) is 0 Å². The number of para-hydroxylation sites is 1. The Morgan fingerprint density at radius 1 is 0.886 bits per heavy atom. The van der Waals surface area contributed by atoms with Gasteiger partial charge in [-0.1, -0.05) is 18.2 Å². The third kappa shape index (κ3) is 5.54. The van der Waals surface area contributed by atoms with Crippen molar-refractivity contribution in [3.63, 3.8) is 0 Å². The molecule has 0 aliphatic heterocycles. The molecule has 5 nitrogen and oxygen atoms in total. The molecule has 0 unspecified atom stereocenters. The van der Waals surface area contributed by atoms with Gasteiger partial charge in [0.2, 0.25) is 0 Å². The molecule has 35 heavy (non-hydrogen) atoms. The van der Waals surface area contributed by atoms with Gasteiger partial charge in [-0.2, -0.15) is 13.2 Å². The molecular formula is C27H23F3N2O3. The zero-order chi connectivity index (χ0) is 25.0. The van der Waals surface area contributed by atoms with Gasteiger partial charge in [0.05, 0.1) is 16.6 Å². The quantitative estimate of drug-likeness (QED) is 0.299. The minimum atomic E-state index is -4.44. The van der Waals surface area contributed by atoms with Crippen molar-refractivity contribution in [3.8, 4) is 5.69 Å². The van der Waals surface area contributed by atoms with Gasteiger partial charge < -0.3 is 15.0 Å². The largest absolute Gasteiger partial charge is 0.478 e. The first-order valence-corrected chi connectivity index (χ1v) is 11.1. The second-order valence-corrected chi connectivity index (χ2v) is 8.19.